The first-order chi connectivity index (χ1) is 25.6. The first-order valence-electron chi connectivity index (χ1n) is 21.4. The van der Waals surface area contributed by atoms with Crippen LogP contribution < -0.4 is 22.9 Å². The Morgan fingerprint density at radius 3 is 1.00 bits per heavy atom. The van der Waals surface area contributed by atoms with Crippen LogP contribution in [0.25, 0.3) is 0 Å². The third-order valence-electron chi connectivity index (χ3n) is 8.77. The van der Waals surface area contributed by atoms with Crippen LogP contribution in [0.4, 0.5) is 0 Å². The second-order valence-electron chi connectivity index (χ2n) is 15.4. The highest BCUT2D eigenvalue weighted by molar-refractivity contribution is 4.63. The molecule has 0 saturated carbocycles. The van der Waals surface area contributed by atoms with Crippen molar-refractivity contribution in [2.75, 3.05) is 72.7 Å². The molecule has 0 fully saturated rings. The summed E-state index contributed by atoms with van der Waals surface area (Å²) in [6, 6.07) is 0.517. The van der Waals surface area contributed by atoms with Crippen molar-refractivity contribution in [1.82, 2.24) is 0 Å². The first-order valence-corrected chi connectivity index (χ1v) is 21.4. The molecule has 0 amide bonds. The summed E-state index contributed by atoms with van der Waals surface area (Å²) < 4.78 is 45.3. The molecule has 0 aromatic carbocycles. The monoisotopic (exact) mass is 783 g/mol. The maximum Gasteiger partial charge on any atom is 0.0806 e. The van der Waals surface area contributed by atoms with E-state index < -0.39 is 0 Å². The lowest BCUT2D eigenvalue weighted by molar-refractivity contribution is -0.0810. The van der Waals surface area contributed by atoms with Gasteiger partial charge in [-0.2, -0.15) is 0 Å². The van der Waals surface area contributed by atoms with E-state index in [1.807, 2.05) is 20.8 Å². The van der Waals surface area contributed by atoms with Crippen molar-refractivity contribution in [2.45, 2.75) is 190 Å². The van der Waals surface area contributed by atoms with Crippen molar-refractivity contribution in [1.29, 1.82) is 0 Å². The van der Waals surface area contributed by atoms with Gasteiger partial charge in [-0.3, -0.25) is 0 Å². The molecular formula is C42H94N4O8. The lowest BCUT2D eigenvalue weighted by Gasteiger charge is -2.22. The molecule has 8 N–H and O–H groups in total. The van der Waals surface area contributed by atoms with Gasteiger partial charge in [-0.15, -0.1) is 0 Å². The predicted octanol–water partition coefficient (Wildman–Crippen LogP) is 6.47. The number of hydrogen-bond acceptors (Lipinski definition) is 12. The largest absolute Gasteiger partial charge is 0.377 e. The lowest BCUT2D eigenvalue weighted by Crippen LogP contribution is -2.32. The Kier molecular flexibility index (Phi) is 43.6. The molecule has 0 saturated heterocycles. The van der Waals surface area contributed by atoms with Gasteiger partial charge in [0.25, 0.3) is 0 Å². The minimum Gasteiger partial charge on any atom is -0.377 e. The third kappa shape index (κ3) is 41.2. The van der Waals surface area contributed by atoms with Crippen molar-refractivity contribution in [3.8, 4) is 0 Å². The summed E-state index contributed by atoms with van der Waals surface area (Å²) in [5.41, 5.74) is 23.2. The fourth-order valence-corrected chi connectivity index (χ4v) is 3.91. The molecule has 0 radical (unpaired) electrons. The first kappa shape index (κ1) is 57.8. The average Bonchev–Trinajstić information content (AvgIpc) is 3.17. The number of nitrogens with two attached hydrogens (primary N) is 4. The van der Waals surface area contributed by atoms with Crippen LogP contribution in [0.3, 0.4) is 0 Å². The minimum atomic E-state index is 0.0212. The van der Waals surface area contributed by atoms with Crippen LogP contribution in [0.2, 0.25) is 0 Å². The normalized spacial score (nSPS) is 17.2. The third-order valence-corrected chi connectivity index (χ3v) is 8.77. The molecule has 12 nitrogen and oxygen atoms in total. The smallest absolute Gasteiger partial charge is 0.0806 e. The quantitative estimate of drug-likeness (QED) is 0.0561. The summed E-state index contributed by atoms with van der Waals surface area (Å²) in [7, 11) is 0. The molecule has 0 aliphatic carbocycles. The molecule has 0 aromatic heterocycles. The molecular weight excluding hydrogens is 688 g/mol. The molecule has 0 aliphatic rings. The summed E-state index contributed by atoms with van der Waals surface area (Å²) in [6.07, 6.45) is 7.28. The van der Waals surface area contributed by atoms with Crippen molar-refractivity contribution in [3.05, 3.63) is 0 Å². The van der Waals surface area contributed by atoms with Crippen LogP contribution in [-0.2, 0) is 37.9 Å². The van der Waals surface area contributed by atoms with Crippen LogP contribution in [0, 0.1) is 11.8 Å². The van der Waals surface area contributed by atoms with Gasteiger partial charge in [0.15, 0.2) is 0 Å². The van der Waals surface area contributed by atoms with Crippen molar-refractivity contribution in [3.63, 3.8) is 0 Å². The topological polar surface area (TPSA) is 178 Å². The summed E-state index contributed by atoms with van der Waals surface area (Å²) >= 11 is 0. The highest BCUT2D eigenvalue weighted by atomic mass is 16.6. The lowest BCUT2D eigenvalue weighted by atomic mass is 10.1. The van der Waals surface area contributed by atoms with E-state index in [0.29, 0.717) is 71.3 Å². The highest BCUT2D eigenvalue weighted by Crippen LogP contribution is 2.07. The Morgan fingerprint density at radius 2 is 0.648 bits per heavy atom. The Hall–Kier alpha value is -0.480. The Morgan fingerprint density at radius 1 is 0.315 bits per heavy atom. The van der Waals surface area contributed by atoms with Gasteiger partial charge in [0.1, 0.15) is 0 Å². The van der Waals surface area contributed by atoms with Crippen molar-refractivity contribution >= 4 is 0 Å². The molecule has 10 atom stereocenters. The van der Waals surface area contributed by atoms with Gasteiger partial charge >= 0.3 is 0 Å². The number of hydrogen-bond donors (Lipinski definition) is 4. The van der Waals surface area contributed by atoms with E-state index in [-0.39, 0.29) is 54.7 Å². The van der Waals surface area contributed by atoms with Crippen molar-refractivity contribution in [2.24, 2.45) is 34.8 Å². The van der Waals surface area contributed by atoms with E-state index in [2.05, 4.69) is 69.2 Å². The second-order valence-corrected chi connectivity index (χ2v) is 15.4. The molecule has 330 valence electrons. The molecule has 10 unspecified atom stereocenters. The summed E-state index contributed by atoms with van der Waals surface area (Å²) in [6.45, 7) is 34.2. The van der Waals surface area contributed by atoms with Gasteiger partial charge in [-0.05, 0) is 71.1 Å². The fraction of sp³-hybridized carbons (Fsp3) is 1.00. The van der Waals surface area contributed by atoms with E-state index in [1.54, 1.807) is 0 Å². The van der Waals surface area contributed by atoms with Gasteiger partial charge in [0.05, 0.1) is 90.0 Å². The van der Waals surface area contributed by atoms with Crippen LogP contribution in [0.15, 0.2) is 0 Å². The Labute approximate surface area is 334 Å². The summed E-state index contributed by atoms with van der Waals surface area (Å²) in [4.78, 5) is 0. The zero-order chi connectivity index (χ0) is 41.7. The Bertz CT molecular complexity index is 744. The fourth-order valence-electron chi connectivity index (χ4n) is 3.91. The average molecular weight is 783 g/mol. The summed E-state index contributed by atoms with van der Waals surface area (Å²) in [5, 5.41) is 0. The van der Waals surface area contributed by atoms with Gasteiger partial charge < -0.3 is 60.8 Å². The summed E-state index contributed by atoms with van der Waals surface area (Å²) in [5.74, 6) is 1.21. The van der Waals surface area contributed by atoms with Crippen LogP contribution in [-0.4, -0.2) is 127 Å². The van der Waals surface area contributed by atoms with E-state index >= 15 is 0 Å². The molecule has 0 aromatic rings. The molecule has 12 heteroatoms. The van der Waals surface area contributed by atoms with Gasteiger partial charge in [0.2, 0.25) is 0 Å². The second kappa shape index (κ2) is 40.7. The van der Waals surface area contributed by atoms with Gasteiger partial charge in [0, 0.05) is 37.4 Å². The maximum absolute atomic E-state index is 5.89. The van der Waals surface area contributed by atoms with E-state index in [4.69, 9.17) is 60.8 Å². The molecule has 0 rings (SSSR count). The van der Waals surface area contributed by atoms with Gasteiger partial charge in [-0.1, -0.05) is 75.7 Å². The molecule has 54 heavy (non-hydrogen) atoms. The maximum atomic E-state index is 5.89. The molecule has 0 aliphatic heterocycles. The number of ether oxygens (including phenoxy) is 8. The predicted molar refractivity (Wildman–Crippen MR) is 226 cm³/mol. The molecule has 0 bridgehead atoms. The molecule has 0 spiro atoms. The zero-order valence-electron chi connectivity index (χ0n) is 37.7. The van der Waals surface area contributed by atoms with Crippen LogP contribution in [0.5, 0.6) is 0 Å². The van der Waals surface area contributed by atoms with Crippen molar-refractivity contribution < 1.29 is 37.9 Å². The van der Waals surface area contributed by atoms with Gasteiger partial charge in [-0.25, -0.2) is 0 Å². The minimum absolute atomic E-state index is 0.0212. The number of rotatable bonds is 34. The van der Waals surface area contributed by atoms with Crippen LogP contribution in [0.1, 0.15) is 135 Å². The SMILES string of the molecule is CCC(C)COC(C)COCC(N)CC.CCC(N)COC(CC)COCC(C)OCC(CC)OCC(N)CC.CCC(N)COCC(C)OCC(C)C. The van der Waals surface area contributed by atoms with E-state index in [1.165, 1.54) is 0 Å². The van der Waals surface area contributed by atoms with E-state index in [9.17, 15) is 0 Å². The zero-order valence-corrected chi connectivity index (χ0v) is 37.7. The Balaban J connectivity index is -0.000000771. The standard InChI is InChI=1S/C19H42N2O4.C12H27NO2.C11H25NO2/c1-6-16(20)11-24-18(8-3)13-22-10-15(5)23-14-19(9-4)25-12-17(21)7-2;1-5-10(3)7-15-11(4)8-14-9-12(13)6-2;1-5-11(12)8-13-7-10(4)14-6-9(2)3/h15-19H,6-14,20-21H2,1-5H3;10-12H,5-9,13H2,1-4H3;9-11H,5-8,12H2,1-4H3. The molecule has 0 heterocycles. The van der Waals surface area contributed by atoms with E-state index in [0.717, 1.165) is 58.2 Å². The van der Waals surface area contributed by atoms with Crippen LogP contribution >= 0.6 is 0 Å². The highest BCUT2D eigenvalue weighted by Gasteiger charge is 2.14.